The number of sulfonamides is 1. The number of benzene rings is 1. The van der Waals surface area contributed by atoms with Gasteiger partial charge in [-0.15, -0.1) is 11.3 Å². The molecule has 1 atom stereocenters. The normalized spacial score (nSPS) is 13.6. The average Bonchev–Trinajstić information content (AvgIpc) is 2.84. The van der Waals surface area contributed by atoms with Crippen molar-refractivity contribution in [1.82, 2.24) is 9.29 Å². The third kappa shape index (κ3) is 2.84. The molecule has 0 fully saturated rings. The number of hydrogen-bond donors (Lipinski definition) is 1. The summed E-state index contributed by atoms with van der Waals surface area (Å²) in [5, 5.41) is 0.730. The van der Waals surface area contributed by atoms with Gasteiger partial charge in [-0.2, -0.15) is 4.31 Å². The number of hydrogen-bond acceptors (Lipinski definition) is 5. The van der Waals surface area contributed by atoms with Crippen molar-refractivity contribution >= 4 is 27.0 Å². The molecule has 1 heterocycles. The number of aromatic nitrogens is 1. The second-order valence-electron chi connectivity index (χ2n) is 4.57. The summed E-state index contributed by atoms with van der Waals surface area (Å²) in [6.45, 7) is 3.62. The quantitative estimate of drug-likeness (QED) is 0.880. The van der Waals surface area contributed by atoms with Crippen molar-refractivity contribution in [2.75, 3.05) is 12.8 Å². The summed E-state index contributed by atoms with van der Waals surface area (Å²) >= 11 is 1.17. The van der Waals surface area contributed by atoms with E-state index in [2.05, 4.69) is 4.98 Å². The number of aryl methyl sites for hydroxylation is 1. The van der Waals surface area contributed by atoms with Gasteiger partial charge in [0.15, 0.2) is 4.21 Å². The van der Waals surface area contributed by atoms with E-state index in [1.807, 2.05) is 19.1 Å². The fourth-order valence-corrected chi connectivity index (χ4v) is 4.49. The van der Waals surface area contributed by atoms with E-state index >= 15 is 0 Å². The Balaban J connectivity index is 2.33. The molecule has 0 amide bonds. The lowest BCUT2D eigenvalue weighted by atomic mass is 10.1. The Morgan fingerprint density at radius 2 is 2.10 bits per heavy atom. The Hall–Kier alpha value is -1.44. The molecule has 1 unspecified atom stereocenters. The van der Waals surface area contributed by atoms with Crippen LogP contribution in [-0.4, -0.2) is 24.8 Å². The molecule has 7 heteroatoms. The number of nitrogen functional groups attached to an aromatic ring is 1. The van der Waals surface area contributed by atoms with Crippen LogP contribution in [0.1, 0.15) is 23.5 Å². The molecule has 20 heavy (non-hydrogen) atoms. The zero-order valence-corrected chi connectivity index (χ0v) is 13.2. The van der Waals surface area contributed by atoms with E-state index in [0.29, 0.717) is 5.69 Å². The second kappa shape index (κ2) is 5.51. The molecule has 0 saturated heterocycles. The van der Waals surface area contributed by atoms with Gasteiger partial charge in [0.1, 0.15) is 0 Å². The highest BCUT2D eigenvalue weighted by atomic mass is 32.2. The van der Waals surface area contributed by atoms with E-state index in [9.17, 15) is 8.42 Å². The SMILES string of the molecule is Cc1ncc(S(=O)(=O)N(C)C(C)c2cccc(N)c2)s1. The highest BCUT2D eigenvalue weighted by molar-refractivity contribution is 7.91. The van der Waals surface area contributed by atoms with Crippen LogP contribution in [0, 0.1) is 6.92 Å². The van der Waals surface area contributed by atoms with Gasteiger partial charge >= 0.3 is 0 Å². The fourth-order valence-electron chi connectivity index (χ4n) is 1.84. The summed E-state index contributed by atoms with van der Waals surface area (Å²) in [5.74, 6) is 0. The molecule has 2 N–H and O–H groups in total. The van der Waals surface area contributed by atoms with Crippen LogP contribution in [0.15, 0.2) is 34.7 Å². The van der Waals surface area contributed by atoms with E-state index in [0.717, 1.165) is 10.6 Å². The van der Waals surface area contributed by atoms with Crippen molar-refractivity contribution in [2.24, 2.45) is 0 Å². The van der Waals surface area contributed by atoms with Crippen LogP contribution in [0.2, 0.25) is 0 Å². The molecule has 0 aliphatic rings. The van der Waals surface area contributed by atoms with E-state index in [4.69, 9.17) is 5.73 Å². The van der Waals surface area contributed by atoms with E-state index in [-0.39, 0.29) is 10.3 Å². The Morgan fingerprint density at radius 3 is 2.65 bits per heavy atom. The first kappa shape index (κ1) is 15.0. The molecule has 2 rings (SSSR count). The Morgan fingerprint density at radius 1 is 1.40 bits per heavy atom. The number of nitrogens with two attached hydrogens (primary N) is 1. The number of thiazole rings is 1. The van der Waals surface area contributed by atoms with E-state index < -0.39 is 10.0 Å². The maximum absolute atomic E-state index is 12.5. The van der Waals surface area contributed by atoms with E-state index in [1.54, 1.807) is 26.1 Å². The summed E-state index contributed by atoms with van der Waals surface area (Å²) in [5.41, 5.74) is 7.22. The van der Waals surface area contributed by atoms with Crippen LogP contribution >= 0.6 is 11.3 Å². The summed E-state index contributed by atoms with van der Waals surface area (Å²) in [7, 11) is -1.96. The molecule has 0 spiro atoms. The van der Waals surface area contributed by atoms with Gasteiger partial charge in [-0.1, -0.05) is 12.1 Å². The second-order valence-corrected chi connectivity index (χ2v) is 8.02. The molecule has 0 aliphatic carbocycles. The van der Waals surface area contributed by atoms with Crippen LogP contribution < -0.4 is 5.73 Å². The van der Waals surface area contributed by atoms with Gasteiger partial charge in [0.05, 0.1) is 11.2 Å². The molecular formula is C13H17N3O2S2. The van der Waals surface area contributed by atoms with Gasteiger partial charge < -0.3 is 5.73 Å². The average molecular weight is 311 g/mol. The number of rotatable bonds is 4. The topological polar surface area (TPSA) is 76.3 Å². The van der Waals surface area contributed by atoms with Crippen molar-refractivity contribution in [3.05, 3.63) is 41.0 Å². The zero-order chi connectivity index (χ0) is 14.9. The van der Waals surface area contributed by atoms with Crippen LogP contribution in [0.3, 0.4) is 0 Å². The highest BCUT2D eigenvalue weighted by Crippen LogP contribution is 2.29. The standard InChI is InChI=1S/C13H17N3O2S2/c1-9(11-5-4-6-12(14)7-11)16(3)20(17,18)13-8-15-10(2)19-13/h4-9H,14H2,1-3H3. The van der Waals surface area contributed by atoms with Crippen molar-refractivity contribution in [2.45, 2.75) is 24.1 Å². The van der Waals surface area contributed by atoms with Gasteiger partial charge in [0.25, 0.3) is 10.0 Å². The lowest BCUT2D eigenvalue weighted by Gasteiger charge is -2.24. The van der Waals surface area contributed by atoms with Gasteiger partial charge in [-0.3, -0.25) is 0 Å². The third-order valence-corrected chi connectivity index (χ3v) is 6.45. The summed E-state index contributed by atoms with van der Waals surface area (Å²) < 4.78 is 26.6. The van der Waals surface area contributed by atoms with Crippen molar-refractivity contribution < 1.29 is 8.42 Å². The van der Waals surface area contributed by atoms with Crippen molar-refractivity contribution in [3.8, 4) is 0 Å². The summed E-state index contributed by atoms with van der Waals surface area (Å²) in [6.07, 6.45) is 1.40. The van der Waals surface area contributed by atoms with Crippen LogP contribution in [-0.2, 0) is 10.0 Å². The van der Waals surface area contributed by atoms with Gasteiger partial charge in [0.2, 0.25) is 0 Å². The first-order valence-electron chi connectivity index (χ1n) is 6.08. The maximum Gasteiger partial charge on any atom is 0.254 e. The maximum atomic E-state index is 12.5. The first-order valence-corrected chi connectivity index (χ1v) is 8.34. The molecule has 0 bridgehead atoms. The predicted molar refractivity (Wildman–Crippen MR) is 81.1 cm³/mol. The molecule has 0 radical (unpaired) electrons. The smallest absolute Gasteiger partial charge is 0.254 e. The predicted octanol–water partition coefficient (Wildman–Crippen LogP) is 2.42. The van der Waals surface area contributed by atoms with Crippen molar-refractivity contribution in [1.29, 1.82) is 0 Å². The molecule has 1 aromatic carbocycles. The Kier molecular flexibility index (Phi) is 4.12. The molecule has 2 aromatic rings. The largest absolute Gasteiger partial charge is 0.399 e. The minimum absolute atomic E-state index is 0.258. The zero-order valence-electron chi connectivity index (χ0n) is 11.6. The summed E-state index contributed by atoms with van der Waals surface area (Å²) in [6, 6.07) is 6.95. The third-order valence-electron chi connectivity index (χ3n) is 3.17. The van der Waals surface area contributed by atoms with Crippen LogP contribution in [0.5, 0.6) is 0 Å². The Labute approximate surface area is 123 Å². The lowest BCUT2D eigenvalue weighted by molar-refractivity contribution is 0.399. The number of anilines is 1. The first-order chi connectivity index (χ1) is 9.32. The van der Waals surface area contributed by atoms with Gasteiger partial charge in [0, 0.05) is 18.8 Å². The fraction of sp³-hybridized carbons (Fsp3) is 0.308. The summed E-state index contributed by atoms with van der Waals surface area (Å²) in [4.78, 5) is 4.00. The highest BCUT2D eigenvalue weighted by Gasteiger charge is 2.28. The molecular weight excluding hydrogens is 294 g/mol. The minimum atomic E-state index is -3.53. The number of nitrogens with zero attached hydrogens (tertiary/aromatic N) is 2. The van der Waals surface area contributed by atoms with Crippen LogP contribution in [0.4, 0.5) is 5.69 Å². The molecule has 0 saturated carbocycles. The molecule has 5 nitrogen and oxygen atoms in total. The minimum Gasteiger partial charge on any atom is -0.399 e. The molecule has 0 aliphatic heterocycles. The van der Waals surface area contributed by atoms with Crippen LogP contribution in [0.25, 0.3) is 0 Å². The monoisotopic (exact) mass is 311 g/mol. The lowest BCUT2D eigenvalue weighted by Crippen LogP contribution is -2.29. The van der Waals surface area contributed by atoms with Gasteiger partial charge in [-0.05, 0) is 31.5 Å². The molecule has 108 valence electrons. The Bertz CT molecular complexity index is 710. The van der Waals surface area contributed by atoms with Crippen molar-refractivity contribution in [3.63, 3.8) is 0 Å². The van der Waals surface area contributed by atoms with E-state index in [1.165, 1.54) is 21.8 Å². The molecule has 1 aromatic heterocycles. The van der Waals surface area contributed by atoms with Gasteiger partial charge in [-0.25, -0.2) is 13.4 Å².